The van der Waals surface area contributed by atoms with Gasteiger partial charge in [0.15, 0.2) is 5.78 Å². The second-order valence-corrected chi connectivity index (χ2v) is 7.93. The molecule has 0 amide bonds. The molecule has 1 aromatic heterocycles. The Balaban J connectivity index is 1.78. The molecule has 1 unspecified atom stereocenters. The highest BCUT2D eigenvalue weighted by Crippen LogP contribution is 2.36. The van der Waals surface area contributed by atoms with E-state index in [4.69, 9.17) is 0 Å². The summed E-state index contributed by atoms with van der Waals surface area (Å²) in [4.78, 5) is 29.7. The largest absolute Gasteiger partial charge is 0.481 e. The van der Waals surface area contributed by atoms with E-state index >= 15 is 0 Å². The predicted octanol–water partition coefficient (Wildman–Crippen LogP) is 5.23. The van der Waals surface area contributed by atoms with Gasteiger partial charge in [0.25, 0.3) is 0 Å². The first-order chi connectivity index (χ1) is 14.1. The van der Waals surface area contributed by atoms with Gasteiger partial charge < -0.3 is 5.11 Å². The van der Waals surface area contributed by atoms with Crippen molar-refractivity contribution < 1.29 is 14.7 Å². The predicted molar refractivity (Wildman–Crippen MR) is 115 cm³/mol. The molecule has 0 saturated carbocycles. The second kappa shape index (κ2) is 9.52. The van der Waals surface area contributed by atoms with Crippen LogP contribution in [-0.2, 0) is 10.2 Å². The monoisotopic (exact) mass is 405 g/mol. The fourth-order valence-electron chi connectivity index (χ4n) is 3.35. The third-order valence-corrected chi connectivity index (χ3v) is 6.20. The summed E-state index contributed by atoms with van der Waals surface area (Å²) in [6.45, 7) is 2.00. The van der Waals surface area contributed by atoms with Crippen LogP contribution in [0.2, 0.25) is 0 Å². The quantitative estimate of drug-likeness (QED) is 0.390. The maximum atomic E-state index is 12.5. The number of hydrogen-bond acceptors (Lipinski definition) is 4. The number of aromatic nitrogens is 1. The lowest BCUT2D eigenvalue weighted by Gasteiger charge is -2.29. The fraction of sp³-hybridized carbons (Fsp3) is 0.208. The molecule has 1 N–H and O–H groups in total. The Hall–Kier alpha value is -2.92. The lowest BCUT2D eigenvalue weighted by molar-refractivity contribution is -0.143. The number of ketones is 1. The van der Waals surface area contributed by atoms with Crippen molar-refractivity contribution >= 4 is 23.5 Å². The lowest BCUT2D eigenvalue weighted by atomic mass is 9.78. The fourth-order valence-corrected chi connectivity index (χ4v) is 4.53. The molecule has 0 radical (unpaired) electrons. The summed E-state index contributed by atoms with van der Waals surface area (Å²) < 4.78 is 0. The molecule has 2 aromatic carbocycles. The summed E-state index contributed by atoms with van der Waals surface area (Å²) in [6, 6.07) is 20.2. The van der Waals surface area contributed by atoms with Crippen molar-refractivity contribution in [1.82, 2.24) is 4.98 Å². The number of thioether (sulfide) groups is 1. The van der Waals surface area contributed by atoms with Gasteiger partial charge in [0.2, 0.25) is 0 Å². The first-order valence-electron chi connectivity index (χ1n) is 9.53. The first-order valence-corrected chi connectivity index (χ1v) is 10.5. The molecule has 0 aliphatic rings. The Kier molecular flexibility index (Phi) is 6.83. The number of pyridine rings is 1. The number of aliphatic carboxylic acids is 1. The highest BCUT2D eigenvalue weighted by molar-refractivity contribution is 7.99. The normalized spacial score (nSPS) is 12.9. The second-order valence-electron chi connectivity index (χ2n) is 6.88. The first kappa shape index (κ1) is 20.8. The maximum Gasteiger partial charge on any atom is 0.314 e. The Morgan fingerprint density at radius 1 is 0.931 bits per heavy atom. The standard InChI is InChI=1S/C24H23NO3S/c1-2-14-24(23(27)28,20-6-4-3-5-7-20)17-29-21-10-8-18(9-11-21)22(26)19-12-15-25-16-13-19/h3-13,15-16H,2,14,17H2,1H3,(H,27,28). The third-order valence-electron chi connectivity index (χ3n) is 4.96. The summed E-state index contributed by atoms with van der Waals surface area (Å²) in [7, 11) is 0. The van der Waals surface area contributed by atoms with Crippen LogP contribution in [0.5, 0.6) is 0 Å². The van der Waals surface area contributed by atoms with Gasteiger partial charge in [-0.2, -0.15) is 0 Å². The summed E-state index contributed by atoms with van der Waals surface area (Å²) in [6.07, 6.45) is 4.54. The van der Waals surface area contributed by atoms with Crippen molar-refractivity contribution in [3.8, 4) is 0 Å². The van der Waals surface area contributed by atoms with Crippen LogP contribution in [0.4, 0.5) is 0 Å². The molecular formula is C24H23NO3S. The Morgan fingerprint density at radius 2 is 1.55 bits per heavy atom. The van der Waals surface area contributed by atoms with Crippen LogP contribution in [0, 0.1) is 0 Å². The smallest absolute Gasteiger partial charge is 0.314 e. The average Bonchev–Trinajstić information content (AvgIpc) is 2.77. The van der Waals surface area contributed by atoms with E-state index in [2.05, 4.69) is 4.98 Å². The van der Waals surface area contributed by atoms with E-state index in [0.29, 0.717) is 23.3 Å². The summed E-state index contributed by atoms with van der Waals surface area (Å²) in [5, 5.41) is 10.1. The topological polar surface area (TPSA) is 67.3 Å². The van der Waals surface area contributed by atoms with Gasteiger partial charge in [0.05, 0.1) is 0 Å². The molecule has 29 heavy (non-hydrogen) atoms. The molecule has 0 saturated heterocycles. The molecule has 0 spiro atoms. The zero-order valence-electron chi connectivity index (χ0n) is 16.2. The molecule has 4 nitrogen and oxygen atoms in total. The minimum atomic E-state index is -0.938. The molecule has 0 fully saturated rings. The molecule has 1 atom stereocenters. The molecule has 3 aromatic rings. The van der Waals surface area contributed by atoms with Gasteiger partial charge in [-0.1, -0.05) is 43.7 Å². The third kappa shape index (κ3) is 4.74. The van der Waals surface area contributed by atoms with E-state index in [1.54, 1.807) is 36.7 Å². The molecule has 0 aliphatic carbocycles. The number of carboxylic acids is 1. The zero-order chi connectivity index (χ0) is 20.7. The van der Waals surface area contributed by atoms with Gasteiger partial charge >= 0.3 is 5.97 Å². The van der Waals surface area contributed by atoms with Gasteiger partial charge in [-0.3, -0.25) is 14.6 Å². The van der Waals surface area contributed by atoms with Crippen LogP contribution in [-0.4, -0.2) is 27.6 Å². The number of nitrogens with zero attached hydrogens (tertiary/aromatic N) is 1. The van der Waals surface area contributed by atoms with Gasteiger partial charge in [-0.15, -0.1) is 11.8 Å². The number of carbonyl (C=O) groups excluding carboxylic acids is 1. The van der Waals surface area contributed by atoms with Crippen molar-refractivity contribution in [2.75, 3.05) is 5.75 Å². The molecule has 1 heterocycles. The summed E-state index contributed by atoms with van der Waals surface area (Å²) in [5.74, 6) is -0.431. The van der Waals surface area contributed by atoms with Crippen LogP contribution < -0.4 is 0 Å². The molecule has 3 rings (SSSR count). The van der Waals surface area contributed by atoms with E-state index < -0.39 is 11.4 Å². The number of carboxylic acid groups (broad SMARTS) is 1. The van der Waals surface area contributed by atoms with Gasteiger partial charge in [-0.05, 0) is 48.4 Å². The highest BCUT2D eigenvalue weighted by Gasteiger charge is 2.39. The van der Waals surface area contributed by atoms with E-state index in [-0.39, 0.29) is 5.78 Å². The zero-order valence-corrected chi connectivity index (χ0v) is 17.1. The SMILES string of the molecule is CCCC(CSc1ccc(C(=O)c2ccncc2)cc1)(C(=O)O)c1ccccc1. The minimum absolute atomic E-state index is 0.0564. The van der Waals surface area contributed by atoms with Crippen molar-refractivity contribution in [3.05, 3.63) is 95.8 Å². The van der Waals surface area contributed by atoms with Crippen molar-refractivity contribution in [1.29, 1.82) is 0 Å². The maximum absolute atomic E-state index is 12.5. The Labute approximate surface area is 175 Å². The molecule has 0 bridgehead atoms. The molecule has 0 aliphatic heterocycles. The van der Waals surface area contributed by atoms with Crippen LogP contribution >= 0.6 is 11.8 Å². The summed E-state index contributed by atoms with van der Waals surface area (Å²) >= 11 is 1.50. The van der Waals surface area contributed by atoms with Crippen LogP contribution in [0.15, 0.2) is 84.0 Å². The van der Waals surface area contributed by atoms with Crippen LogP contribution in [0.3, 0.4) is 0 Å². The van der Waals surface area contributed by atoms with E-state index in [1.807, 2.05) is 49.4 Å². The van der Waals surface area contributed by atoms with Crippen LogP contribution in [0.1, 0.15) is 41.3 Å². The average molecular weight is 406 g/mol. The van der Waals surface area contributed by atoms with Gasteiger partial charge in [0, 0.05) is 34.2 Å². The van der Waals surface area contributed by atoms with Gasteiger partial charge in [0.1, 0.15) is 5.41 Å². The van der Waals surface area contributed by atoms with Crippen molar-refractivity contribution in [2.24, 2.45) is 0 Å². The van der Waals surface area contributed by atoms with E-state index in [1.165, 1.54) is 11.8 Å². The number of rotatable bonds is 9. The van der Waals surface area contributed by atoms with E-state index in [9.17, 15) is 14.7 Å². The molecule has 5 heteroatoms. The van der Waals surface area contributed by atoms with Crippen LogP contribution in [0.25, 0.3) is 0 Å². The number of carbonyl (C=O) groups is 2. The van der Waals surface area contributed by atoms with Crippen molar-refractivity contribution in [2.45, 2.75) is 30.1 Å². The van der Waals surface area contributed by atoms with Gasteiger partial charge in [-0.25, -0.2) is 0 Å². The number of benzene rings is 2. The minimum Gasteiger partial charge on any atom is -0.481 e. The molecule has 148 valence electrons. The Morgan fingerprint density at radius 3 is 2.14 bits per heavy atom. The Bertz CT molecular complexity index is 958. The highest BCUT2D eigenvalue weighted by atomic mass is 32.2. The van der Waals surface area contributed by atoms with E-state index in [0.717, 1.165) is 16.9 Å². The number of hydrogen-bond donors (Lipinski definition) is 1. The summed E-state index contributed by atoms with van der Waals surface area (Å²) in [5.41, 5.74) is 1.08. The lowest BCUT2D eigenvalue weighted by Crippen LogP contribution is -2.38. The van der Waals surface area contributed by atoms with Crippen molar-refractivity contribution in [3.63, 3.8) is 0 Å². The molecular weight excluding hydrogens is 382 g/mol.